The molecule has 0 N–H and O–H groups in total. The minimum Gasteiger partial charge on any atom is -0.466 e. The molecule has 104 valence electrons. The van der Waals surface area contributed by atoms with Crippen LogP contribution in [0.15, 0.2) is 0 Å². The maximum absolute atomic E-state index is 12.0. The third kappa shape index (κ3) is 5.37. The molecule has 1 atom stereocenters. The van der Waals surface area contributed by atoms with Gasteiger partial charge in [-0.05, 0) is 32.1 Å². The molecule has 1 fully saturated rings. The molecule has 1 rings (SSSR count). The number of carbonyl (C=O) groups is 2. The quantitative estimate of drug-likeness (QED) is 0.685. The third-order valence-electron chi connectivity index (χ3n) is 2.60. The van der Waals surface area contributed by atoms with Crippen molar-refractivity contribution in [1.82, 2.24) is 0 Å². The third-order valence-corrected chi connectivity index (χ3v) is 2.60. The van der Waals surface area contributed by atoms with Crippen molar-refractivity contribution in [1.29, 1.82) is 0 Å². The van der Waals surface area contributed by atoms with Crippen LogP contribution in [0.4, 0.5) is 13.2 Å². The van der Waals surface area contributed by atoms with E-state index in [1.54, 1.807) is 0 Å². The van der Waals surface area contributed by atoms with Crippen LogP contribution in [-0.4, -0.2) is 30.8 Å². The van der Waals surface area contributed by atoms with Crippen LogP contribution in [0.3, 0.4) is 0 Å². The van der Waals surface area contributed by atoms with E-state index in [4.69, 9.17) is 4.74 Å². The summed E-state index contributed by atoms with van der Waals surface area (Å²) in [4.78, 5) is 21.7. The number of ether oxygens (including phenoxy) is 2. The van der Waals surface area contributed by atoms with Crippen molar-refractivity contribution in [2.75, 3.05) is 6.61 Å². The number of halogens is 3. The Labute approximate surface area is 102 Å². The average Bonchev–Trinajstić information content (AvgIpc) is 2.28. The second-order valence-electron chi connectivity index (χ2n) is 4.13. The van der Waals surface area contributed by atoms with Crippen LogP contribution in [0.2, 0.25) is 0 Å². The molecule has 0 aliphatic carbocycles. The summed E-state index contributed by atoms with van der Waals surface area (Å²) >= 11 is 0. The molecular formula is C11H15F3O4. The summed E-state index contributed by atoms with van der Waals surface area (Å²) in [6.45, 7) is 0.152. The molecular weight excluding hydrogens is 253 g/mol. The van der Waals surface area contributed by atoms with Crippen LogP contribution in [0.5, 0.6) is 0 Å². The molecule has 0 aromatic heterocycles. The van der Waals surface area contributed by atoms with Gasteiger partial charge in [-0.25, -0.2) is 4.79 Å². The fourth-order valence-corrected chi connectivity index (χ4v) is 1.69. The predicted molar refractivity (Wildman–Crippen MR) is 54.6 cm³/mol. The Hall–Kier alpha value is -1.27. The lowest BCUT2D eigenvalue weighted by Crippen LogP contribution is -2.30. The second kappa shape index (κ2) is 6.61. The van der Waals surface area contributed by atoms with Crippen molar-refractivity contribution in [3.63, 3.8) is 0 Å². The van der Waals surface area contributed by atoms with Gasteiger partial charge < -0.3 is 9.47 Å². The van der Waals surface area contributed by atoms with Crippen molar-refractivity contribution in [2.24, 2.45) is 0 Å². The van der Waals surface area contributed by atoms with Crippen molar-refractivity contribution in [2.45, 2.75) is 50.8 Å². The van der Waals surface area contributed by atoms with Gasteiger partial charge in [-0.2, -0.15) is 13.2 Å². The zero-order valence-corrected chi connectivity index (χ0v) is 9.79. The Balaban J connectivity index is 2.44. The first-order valence-corrected chi connectivity index (χ1v) is 5.83. The Morgan fingerprint density at radius 2 is 1.89 bits per heavy atom. The molecule has 18 heavy (non-hydrogen) atoms. The van der Waals surface area contributed by atoms with Gasteiger partial charge in [-0.1, -0.05) is 0 Å². The first-order chi connectivity index (χ1) is 8.39. The molecule has 1 saturated heterocycles. The Morgan fingerprint density at radius 3 is 2.56 bits per heavy atom. The maximum Gasteiger partial charge on any atom is 0.490 e. The van der Waals surface area contributed by atoms with Crippen LogP contribution in [0.1, 0.15) is 38.5 Å². The predicted octanol–water partition coefficient (Wildman–Crippen LogP) is 2.36. The second-order valence-corrected chi connectivity index (χ2v) is 4.13. The van der Waals surface area contributed by atoms with Gasteiger partial charge in [0.25, 0.3) is 0 Å². The highest BCUT2D eigenvalue weighted by Crippen LogP contribution is 2.21. The van der Waals surface area contributed by atoms with E-state index >= 15 is 0 Å². The maximum atomic E-state index is 12.0. The van der Waals surface area contributed by atoms with Crippen LogP contribution in [0.25, 0.3) is 0 Å². The molecule has 0 radical (unpaired) electrons. The molecule has 7 heteroatoms. The molecule has 0 saturated carbocycles. The van der Waals surface area contributed by atoms with Gasteiger partial charge in [0, 0.05) is 6.42 Å². The standard InChI is InChI=1S/C11H15F3O4/c12-11(13,14)10(16)18-8-4-1-2-6-9(15)17-7-3-5-8/h8H,1-7H2. The van der Waals surface area contributed by atoms with Gasteiger partial charge in [-0.3, -0.25) is 4.79 Å². The van der Waals surface area contributed by atoms with Crippen molar-refractivity contribution < 1.29 is 32.2 Å². The fraction of sp³-hybridized carbons (Fsp3) is 0.818. The molecule has 1 aliphatic rings. The molecule has 1 heterocycles. The molecule has 0 amide bonds. The zero-order valence-electron chi connectivity index (χ0n) is 9.79. The molecule has 0 spiro atoms. The highest BCUT2D eigenvalue weighted by Gasteiger charge is 2.42. The monoisotopic (exact) mass is 268 g/mol. The lowest BCUT2D eigenvalue weighted by molar-refractivity contribution is -0.205. The first kappa shape index (κ1) is 14.8. The van der Waals surface area contributed by atoms with E-state index in [1.807, 2.05) is 0 Å². The van der Waals surface area contributed by atoms with Crippen LogP contribution < -0.4 is 0 Å². The lowest BCUT2D eigenvalue weighted by Gasteiger charge is -2.19. The molecule has 0 bridgehead atoms. The molecule has 1 unspecified atom stereocenters. The molecule has 4 nitrogen and oxygen atoms in total. The number of esters is 2. The van der Waals surface area contributed by atoms with E-state index in [-0.39, 0.29) is 25.4 Å². The number of alkyl halides is 3. The van der Waals surface area contributed by atoms with E-state index in [9.17, 15) is 22.8 Å². The van der Waals surface area contributed by atoms with Crippen LogP contribution in [0, 0.1) is 0 Å². The van der Waals surface area contributed by atoms with E-state index in [1.165, 1.54) is 0 Å². The molecule has 0 aromatic carbocycles. The lowest BCUT2D eigenvalue weighted by atomic mass is 10.1. The minimum atomic E-state index is -4.96. The van der Waals surface area contributed by atoms with Gasteiger partial charge >= 0.3 is 18.1 Å². The van der Waals surface area contributed by atoms with Crippen LogP contribution >= 0.6 is 0 Å². The minimum absolute atomic E-state index is 0.152. The smallest absolute Gasteiger partial charge is 0.466 e. The summed E-state index contributed by atoms with van der Waals surface area (Å²) < 4.78 is 45.4. The Bertz CT molecular complexity index is 287. The Kier molecular flexibility index (Phi) is 5.43. The van der Waals surface area contributed by atoms with Crippen molar-refractivity contribution >= 4 is 11.9 Å². The fourth-order valence-electron chi connectivity index (χ4n) is 1.69. The number of hydrogen-bond acceptors (Lipinski definition) is 4. The number of cyclic esters (lactones) is 1. The first-order valence-electron chi connectivity index (χ1n) is 5.83. The summed E-state index contributed by atoms with van der Waals surface area (Å²) in [7, 11) is 0. The normalized spacial score (nSPS) is 23.1. The largest absolute Gasteiger partial charge is 0.490 e. The van der Waals surface area contributed by atoms with E-state index in [2.05, 4.69) is 4.74 Å². The number of carbonyl (C=O) groups excluding carboxylic acids is 2. The van der Waals surface area contributed by atoms with Crippen molar-refractivity contribution in [3.8, 4) is 0 Å². The summed E-state index contributed by atoms with van der Waals surface area (Å²) in [6, 6.07) is 0. The van der Waals surface area contributed by atoms with E-state index in [0.717, 1.165) is 0 Å². The summed E-state index contributed by atoms with van der Waals surface area (Å²) in [5.74, 6) is -2.44. The average molecular weight is 268 g/mol. The van der Waals surface area contributed by atoms with Gasteiger partial charge in [0.1, 0.15) is 6.10 Å². The van der Waals surface area contributed by atoms with Gasteiger partial charge in [0.2, 0.25) is 0 Å². The summed E-state index contributed by atoms with van der Waals surface area (Å²) in [5.41, 5.74) is 0. The zero-order chi connectivity index (χ0) is 13.6. The number of rotatable bonds is 1. The summed E-state index contributed by atoms with van der Waals surface area (Å²) in [5, 5.41) is 0. The Morgan fingerprint density at radius 1 is 1.22 bits per heavy atom. The van der Waals surface area contributed by atoms with Gasteiger partial charge in [0.15, 0.2) is 0 Å². The topological polar surface area (TPSA) is 52.6 Å². The van der Waals surface area contributed by atoms with E-state index < -0.39 is 18.2 Å². The highest BCUT2D eigenvalue weighted by molar-refractivity contribution is 5.75. The van der Waals surface area contributed by atoms with Crippen LogP contribution in [-0.2, 0) is 19.1 Å². The van der Waals surface area contributed by atoms with Crippen molar-refractivity contribution in [3.05, 3.63) is 0 Å². The molecule has 1 aliphatic heterocycles. The van der Waals surface area contributed by atoms with Gasteiger partial charge in [0.05, 0.1) is 6.61 Å². The van der Waals surface area contributed by atoms with Gasteiger partial charge in [-0.15, -0.1) is 0 Å². The number of hydrogen-bond donors (Lipinski definition) is 0. The highest BCUT2D eigenvalue weighted by atomic mass is 19.4. The summed E-state index contributed by atoms with van der Waals surface area (Å²) in [6.07, 6.45) is -3.40. The van der Waals surface area contributed by atoms with E-state index in [0.29, 0.717) is 25.7 Å². The SMILES string of the molecule is O=C1CCCCC(OC(=O)C(F)(F)F)CCCO1. The molecule has 0 aromatic rings.